The molecule has 1 heterocycles. The van der Waals surface area contributed by atoms with Crippen molar-refractivity contribution in [1.82, 2.24) is 4.98 Å². The Hall–Kier alpha value is -1.69. The summed E-state index contributed by atoms with van der Waals surface area (Å²) in [6, 6.07) is 8.34. The molecule has 1 aromatic carbocycles. The molecule has 1 saturated carbocycles. The molecule has 0 radical (unpaired) electrons. The number of pyridine rings is 1. The third kappa shape index (κ3) is 3.38. The number of halogens is 1. The van der Waals surface area contributed by atoms with Crippen LogP contribution in [-0.2, 0) is 9.84 Å². The summed E-state index contributed by atoms with van der Waals surface area (Å²) in [5.74, 6) is 0.351. The molecular weight excluding hydrogens is 303 g/mol. The maximum Gasteiger partial charge on any atom is 0.150 e. The van der Waals surface area contributed by atoms with E-state index in [4.69, 9.17) is 0 Å². The first-order chi connectivity index (χ1) is 10.4. The van der Waals surface area contributed by atoms with Crippen LogP contribution in [0.4, 0.5) is 10.2 Å². The molecule has 0 saturated heterocycles. The van der Waals surface area contributed by atoms with Gasteiger partial charge in [-0.15, -0.1) is 0 Å². The van der Waals surface area contributed by atoms with E-state index in [2.05, 4.69) is 10.3 Å². The van der Waals surface area contributed by atoms with Crippen molar-refractivity contribution in [2.24, 2.45) is 0 Å². The highest BCUT2D eigenvalue weighted by molar-refractivity contribution is 7.91. The molecule has 1 N–H and O–H groups in total. The van der Waals surface area contributed by atoms with E-state index in [0.717, 1.165) is 24.6 Å². The Labute approximate surface area is 129 Å². The lowest BCUT2D eigenvalue weighted by atomic mass is 9.95. The van der Waals surface area contributed by atoms with Crippen molar-refractivity contribution in [3.8, 4) is 0 Å². The average molecular weight is 322 g/mol. The van der Waals surface area contributed by atoms with Crippen LogP contribution in [-0.4, -0.2) is 30.9 Å². The fourth-order valence-corrected chi connectivity index (χ4v) is 4.22. The van der Waals surface area contributed by atoms with Gasteiger partial charge in [0, 0.05) is 23.8 Å². The standard InChI is InChI=1S/C16H19FN2O2S/c1-22(20,21)14-4-2-3-13(10-14)18-16-8-6-11-5-7-12(17)9-15(11)19-16/h5-9,13-14H,2-4,10H2,1H3,(H,18,19)/t13-,14+/m0/s1. The summed E-state index contributed by atoms with van der Waals surface area (Å²) in [5.41, 5.74) is 0.598. The van der Waals surface area contributed by atoms with Gasteiger partial charge in [0.15, 0.2) is 0 Å². The van der Waals surface area contributed by atoms with Crippen LogP contribution in [0.5, 0.6) is 0 Å². The lowest BCUT2D eigenvalue weighted by Crippen LogP contribution is -2.34. The molecule has 1 aromatic heterocycles. The Balaban J connectivity index is 1.78. The van der Waals surface area contributed by atoms with Crippen LogP contribution < -0.4 is 5.32 Å². The van der Waals surface area contributed by atoms with Crippen LogP contribution in [0.3, 0.4) is 0 Å². The highest BCUT2D eigenvalue weighted by Gasteiger charge is 2.28. The molecule has 0 bridgehead atoms. The molecule has 0 amide bonds. The minimum absolute atomic E-state index is 0.0898. The Morgan fingerprint density at radius 1 is 1.23 bits per heavy atom. The number of aromatic nitrogens is 1. The van der Waals surface area contributed by atoms with Crippen molar-refractivity contribution in [3.63, 3.8) is 0 Å². The monoisotopic (exact) mass is 322 g/mol. The average Bonchev–Trinajstić information content (AvgIpc) is 2.46. The zero-order valence-electron chi connectivity index (χ0n) is 12.4. The lowest BCUT2D eigenvalue weighted by molar-refractivity contribution is 0.452. The van der Waals surface area contributed by atoms with Crippen LogP contribution in [0, 0.1) is 5.82 Å². The Morgan fingerprint density at radius 2 is 2.00 bits per heavy atom. The molecule has 1 aliphatic rings. The van der Waals surface area contributed by atoms with E-state index < -0.39 is 9.84 Å². The lowest BCUT2D eigenvalue weighted by Gasteiger charge is -2.29. The topological polar surface area (TPSA) is 59.1 Å². The minimum atomic E-state index is -3.00. The van der Waals surface area contributed by atoms with Gasteiger partial charge >= 0.3 is 0 Å². The number of rotatable bonds is 3. The molecule has 4 nitrogen and oxygen atoms in total. The maximum atomic E-state index is 13.3. The van der Waals surface area contributed by atoms with Gasteiger partial charge in [-0.3, -0.25) is 0 Å². The van der Waals surface area contributed by atoms with Gasteiger partial charge in [-0.1, -0.05) is 6.42 Å². The number of hydrogen-bond donors (Lipinski definition) is 1. The van der Waals surface area contributed by atoms with Crippen molar-refractivity contribution in [2.75, 3.05) is 11.6 Å². The predicted molar refractivity (Wildman–Crippen MR) is 86.2 cm³/mol. The molecule has 22 heavy (non-hydrogen) atoms. The second-order valence-corrected chi connectivity index (χ2v) is 8.32. The fourth-order valence-electron chi connectivity index (χ4n) is 3.04. The number of nitrogens with one attached hydrogen (secondary N) is 1. The van der Waals surface area contributed by atoms with Crippen LogP contribution in [0.1, 0.15) is 25.7 Å². The van der Waals surface area contributed by atoms with Gasteiger partial charge < -0.3 is 5.32 Å². The molecule has 2 atom stereocenters. The fraction of sp³-hybridized carbons (Fsp3) is 0.438. The van der Waals surface area contributed by atoms with Gasteiger partial charge in [0.05, 0.1) is 10.8 Å². The first-order valence-corrected chi connectivity index (χ1v) is 9.39. The molecular formula is C16H19FN2O2S. The van der Waals surface area contributed by atoms with Crippen molar-refractivity contribution in [1.29, 1.82) is 0 Å². The first-order valence-electron chi connectivity index (χ1n) is 7.43. The predicted octanol–water partition coefficient (Wildman–Crippen LogP) is 3.14. The maximum absolute atomic E-state index is 13.3. The van der Waals surface area contributed by atoms with E-state index in [-0.39, 0.29) is 17.1 Å². The summed E-state index contributed by atoms with van der Waals surface area (Å²) in [4.78, 5) is 4.42. The van der Waals surface area contributed by atoms with Gasteiger partial charge in [0.2, 0.25) is 0 Å². The Morgan fingerprint density at radius 3 is 2.77 bits per heavy atom. The van der Waals surface area contributed by atoms with E-state index in [9.17, 15) is 12.8 Å². The molecule has 1 fully saturated rings. The van der Waals surface area contributed by atoms with Crippen LogP contribution in [0.2, 0.25) is 0 Å². The molecule has 3 rings (SSSR count). The molecule has 2 aromatic rings. The smallest absolute Gasteiger partial charge is 0.150 e. The summed E-state index contributed by atoms with van der Waals surface area (Å²) in [6.45, 7) is 0. The Bertz CT molecular complexity index is 792. The summed E-state index contributed by atoms with van der Waals surface area (Å²) in [6.07, 6.45) is 4.44. The second kappa shape index (κ2) is 5.83. The summed E-state index contributed by atoms with van der Waals surface area (Å²) in [7, 11) is -3.00. The number of nitrogens with zero attached hydrogens (tertiary/aromatic N) is 1. The van der Waals surface area contributed by atoms with E-state index in [0.29, 0.717) is 17.8 Å². The zero-order valence-corrected chi connectivity index (χ0v) is 13.2. The van der Waals surface area contributed by atoms with Crippen LogP contribution >= 0.6 is 0 Å². The number of anilines is 1. The van der Waals surface area contributed by atoms with Gasteiger partial charge in [0.1, 0.15) is 21.5 Å². The molecule has 0 spiro atoms. The highest BCUT2D eigenvalue weighted by Crippen LogP contribution is 2.26. The van der Waals surface area contributed by atoms with Crippen molar-refractivity contribution in [2.45, 2.75) is 37.0 Å². The number of benzene rings is 1. The molecule has 0 aliphatic heterocycles. The summed E-state index contributed by atoms with van der Waals surface area (Å²) in [5, 5.41) is 3.89. The number of fused-ring (bicyclic) bond motifs is 1. The number of sulfone groups is 1. The molecule has 1 aliphatic carbocycles. The van der Waals surface area contributed by atoms with E-state index in [1.54, 1.807) is 6.07 Å². The largest absolute Gasteiger partial charge is 0.367 e. The van der Waals surface area contributed by atoms with E-state index in [1.165, 1.54) is 18.4 Å². The minimum Gasteiger partial charge on any atom is -0.367 e. The van der Waals surface area contributed by atoms with Crippen LogP contribution in [0.15, 0.2) is 30.3 Å². The van der Waals surface area contributed by atoms with E-state index in [1.807, 2.05) is 12.1 Å². The molecule has 6 heteroatoms. The quantitative estimate of drug-likeness (QED) is 0.943. The van der Waals surface area contributed by atoms with E-state index >= 15 is 0 Å². The van der Waals surface area contributed by atoms with Gasteiger partial charge in [-0.05, 0) is 43.5 Å². The van der Waals surface area contributed by atoms with Crippen LogP contribution in [0.25, 0.3) is 10.9 Å². The van der Waals surface area contributed by atoms with Gasteiger partial charge in [-0.25, -0.2) is 17.8 Å². The van der Waals surface area contributed by atoms with Crippen molar-refractivity contribution < 1.29 is 12.8 Å². The van der Waals surface area contributed by atoms with Gasteiger partial charge in [0.25, 0.3) is 0 Å². The molecule has 118 valence electrons. The third-order valence-corrected chi connectivity index (χ3v) is 5.88. The first kappa shape index (κ1) is 15.2. The summed E-state index contributed by atoms with van der Waals surface area (Å²) >= 11 is 0. The highest BCUT2D eigenvalue weighted by atomic mass is 32.2. The zero-order chi connectivity index (χ0) is 15.7. The van der Waals surface area contributed by atoms with Crippen molar-refractivity contribution >= 4 is 26.6 Å². The molecule has 0 unspecified atom stereocenters. The normalized spacial score (nSPS) is 22.6. The SMILES string of the molecule is CS(=O)(=O)[C@@H]1CCC[C@H](Nc2ccc3ccc(F)cc3n2)C1. The van der Waals surface area contributed by atoms with Crippen molar-refractivity contribution in [3.05, 3.63) is 36.1 Å². The number of hydrogen-bond acceptors (Lipinski definition) is 4. The van der Waals surface area contributed by atoms with Gasteiger partial charge in [-0.2, -0.15) is 0 Å². The third-order valence-electron chi connectivity index (χ3n) is 4.24. The Kier molecular flexibility index (Phi) is 4.04. The second-order valence-electron chi connectivity index (χ2n) is 5.99. The summed E-state index contributed by atoms with van der Waals surface area (Å²) < 4.78 is 36.7.